The zero-order chi connectivity index (χ0) is 14.0. The molecule has 1 aliphatic rings. The minimum atomic E-state index is -1.60. The number of carboxylic acid groups (broad SMARTS) is 1. The van der Waals surface area contributed by atoms with Gasteiger partial charge in [-0.15, -0.1) is 0 Å². The van der Waals surface area contributed by atoms with Gasteiger partial charge in [0.15, 0.2) is 11.2 Å². The quantitative estimate of drug-likeness (QED) is 0.864. The van der Waals surface area contributed by atoms with Gasteiger partial charge in [-0.1, -0.05) is 17.7 Å². The average molecular weight is 287 g/mol. The van der Waals surface area contributed by atoms with Crippen molar-refractivity contribution in [3.05, 3.63) is 34.6 Å². The van der Waals surface area contributed by atoms with Gasteiger partial charge in [0.25, 0.3) is 0 Å². The van der Waals surface area contributed by atoms with E-state index in [2.05, 4.69) is 0 Å². The Kier molecular flexibility index (Phi) is 3.87. The molecule has 1 heterocycles. The van der Waals surface area contributed by atoms with Crippen molar-refractivity contribution in [3.63, 3.8) is 0 Å². The summed E-state index contributed by atoms with van der Waals surface area (Å²) in [6.07, 6.45) is 0.0163. The minimum absolute atomic E-state index is 0.0544. The number of hydrogen-bond acceptors (Lipinski definition) is 3. The zero-order valence-corrected chi connectivity index (χ0v) is 10.7. The van der Waals surface area contributed by atoms with Gasteiger partial charge in [0.1, 0.15) is 5.82 Å². The second kappa shape index (κ2) is 5.27. The van der Waals surface area contributed by atoms with Gasteiger partial charge in [-0.2, -0.15) is 0 Å². The molecule has 2 rings (SSSR count). The summed E-state index contributed by atoms with van der Waals surface area (Å²) >= 11 is 5.65. The summed E-state index contributed by atoms with van der Waals surface area (Å²) in [5.74, 6) is -2.18. The van der Waals surface area contributed by atoms with E-state index in [1.807, 2.05) is 0 Å². The van der Waals surface area contributed by atoms with Crippen LogP contribution in [0.2, 0.25) is 5.02 Å². The Morgan fingerprint density at radius 3 is 2.84 bits per heavy atom. The molecule has 1 saturated heterocycles. The predicted molar refractivity (Wildman–Crippen MR) is 65.6 cm³/mol. The number of aliphatic carboxylic acids is 1. The van der Waals surface area contributed by atoms with Crippen molar-refractivity contribution in [1.29, 1.82) is 0 Å². The zero-order valence-electron chi connectivity index (χ0n) is 9.99. The highest BCUT2D eigenvalue weighted by Gasteiger charge is 2.47. The molecule has 0 bridgehead atoms. The summed E-state index contributed by atoms with van der Waals surface area (Å²) in [5, 5.41) is 9.24. The topological polar surface area (TPSA) is 63.6 Å². The van der Waals surface area contributed by atoms with Crippen LogP contribution in [0.15, 0.2) is 18.2 Å². The minimum Gasteiger partial charge on any atom is -0.480 e. The van der Waals surface area contributed by atoms with Crippen molar-refractivity contribution in [3.8, 4) is 0 Å². The fourth-order valence-corrected chi connectivity index (χ4v) is 2.34. The van der Waals surface area contributed by atoms with Crippen LogP contribution in [0.25, 0.3) is 0 Å². The average Bonchev–Trinajstić information content (AvgIpc) is 2.36. The first-order valence-electron chi connectivity index (χ1n) is 5.74. The number of carboxylic acids is 1. The van der Waals surface area contributed by atoms with E-state index in [-0.39, 0.29) is 36.9 Å². The summed E-state index contributed by atoms with van der Waals surface area (Å²) in [4.78, 5) is 23.4. The first-order chi connectivity index (χ1) is 8.95. The van der Waals surface area contributed by atoms with Crippen LogP contribution in [0.3, 0.4) is 0 Å². The Morgan fingerprint density at radius 2 is 2.26 bits per heavy atom. The fourth-order valence-electron chi connectivity index (χ4n) is 2.14. The van der Waals surface area contributed by atoms with E-state index in [1.54, 1.807) is 0 Å². The number of carbonyl (C=O) groups is 2. The lowest BCUT2D eigenvalue weighted by atomic mass is 9.76. The third kappa shape index (κ3) is 2.62. The van der Waals surface area contributed by atoms with E-state index in [0.29, 0.717) is 5.56 Å². The van der Waals surface area contributed by atoms with Gasteiger partial charge in [0, 0.05) is 6.42 Å². The fraction of sp³-hybridized carbons (Fsp3) is 0.385. The van der Waals surface area contributed by atoms with Gasteiger partial charge in [-0.3, -0.25) is 9.59 Å². The second-order valence-corrected chi connectivity index (χ2v) is 4.95. The van der Waals surface area contributed by atoms with Gasteiger partial charge in [0.2, 0.25) is 0 Å². The van der Waals surface area contributed by atoms with Crippen molar-refractivity contribution in [2.45, 2.75) is 12.8 Å². The van der Waals surface area contributed by atoms with Crippen LogP contribution in [0.4, 0.5) is 4.39 Å². The summed E-state index contributed by atoms with van der Waals surface area (Å²) in [7, 11) is 0. The molecule has 102 valence electrons. The molecule has 0 saturated carbocycles. The largest absolute Gasteiger partial charge is 0.480 e. The normalized spacial score (nSPS) is 23.4. The third-order valence-corrected chi connectivity index (χ3v) is 3.54. The number of hydrogen-bond donors (Lipinski definition) is 1. The summed E-state index contributed by atoms with van der Waals surface area (Å²) in [5.41, 5.74) is -1.10. The van der Waals surface area contributed by atoms with Crippen LogP contribution in [0.5, 0.6) is 0 Å². The van der Waals surface area contributed by atoms with Crippen molar-refractivity contribution < 1.29 is 23.8 Å². The Balaban J connectivity index is 2.33. The molecule has 6 heteroatoms. The third-order valence-electron chi connectivity index (χ3n) is 3.25. The van der Waals surface area contributed by atoms with Crippen LogP contribution < -0.4 is 0 Å². The molecule has 0 radical (unpaired) electrons. The Morgan fingerprint density at radius 1 is 1.53 bits per heavy atom. The van der Waals surface area contributed by atoms with Gasteiger partial charge < -0.3 is 9.84 Å². The first kappa shape index (κ1) is 14.0. The lowest BCUT2D eigenvalue weighted by Crippen LogP contribution is -2.48. The van der Waals surface area contributed by atoms with Crippen LogP contribution in [-0.4, -0.2) is 30.1 Å². The summed E-state index contributed by atoms with van der Waals surface area (Å²) in [6, 6.07) is 3.92. The van der Waals surface area contributed by atoms with E-state index >= 15 is 0 Å². The van der Waals surface area contributed by atoms with E-state index in [9.17, 15) is 19.1 Å². The number of rotatable bonds is 3. The van der Waals surface area contributed by atoms with Crippen LogP contribution in [0, 0.1) is 11.2 Å². The van der Waals surface area contributed by atoms with E-state index in [1.165, 1.54) is 12.1 Å². The van der Waals surface area contributed by atoms with Crippen LogP contribution >= 0.6 is 11.6 Å². The number of Topliss-reactive ketones (excluding diaryl/α,β-unsaturated/α-hetero) is 1. The molecule has 0 spiro atoms. The second-order valence-electron chi connectivity index (χ2n) is 4.54. The number of ketones is 1. The summed E-state index contributed by atoms with van der Waals surface area (Å²) < 4.78 is 18.2. The van der Waals surface area contributed by atoms with Gasteiger partial charge in [0.05, 0.1) is 18.2 Å². The molecular formula is C13H12ClFO4. The standard InChI is InChI=1S/C13H12ClFO4/c14-9-5-8(1-2-10(9)15)6-13(12(17)18)7-19-4-3-11(13)16/h1-2,5H,3-4,6-7H2,(H,17,18). The lowest BCUT2D eigenvalue weighted by molar-refractivity contribution is -0.164. The number of benzene rings is 1. The van der Waals surface area contributed by atoms with Gasteiger partial charge in [-0.05, 0) is 24.1 Å². The van der Waals surface area contributed by atoms with Gasteiger partial charge >= 0.3 is 5.97 Å². The Labute approximate surface area is 114 Å². The molecule has 0 amide bonds. The number of carbonyl (C=O) groups excluding carboxylic acids is 1. The van der Waals surface area contributed by atoms with Crippen molar-refractivity contribution in [2.75, 3.05) is 13.2 Å². The number of ether oxygens (including phenoxy) is 1. The van der Waals surface area contributed by atoms with Gasteiger partial charge in [-0.25, -0.2) is 4.39 Å². The molecule has 1 unspecified atom stereocenters. The van der Waals surface area contributed by atoms with E-state index < -0.39 is 17.2 Å². The Bertz CT molecular complexity index is 531. The molecule has 1 fully saturated rings. The van der Waals surface area contributed by atoms with Crippen LogP contribution in [0.1, 0.15) is 12.0 Å². The maximum absolute atomic E-state index is 13.1. The number of halogens is 2. The molecular weight excluding hydrogens is 275 g/mol. The highest BCUT2D eigenvalue weighted by Crippen LogP contribution is 2.31. The highest BCUT2D eigenvalue weighted by molar-refractivity contribution is 6.30. The SMILES string of the molecule is O=C(O)C1(Cc2ccc(F)c(Cl)c2)COCCC1=O. The molecule has 1 aromatic rings. The lowest BCUT2D eigenvalue weighted by Gasteiger charge is -2.31. The van der Waals surface area contributed by atoms with E-state index in [0.717, 1.165) is 6.07 Å². The molecule has 1 aliphatic heterocycles. The Hall–Kier alpha value is -1.46. The van der Waals surface area contributed by atoms with Crippen LogP contribution in [-0.2, 0) is 20.7 Å². The maximum Gasteiger partial charge on any atom is 0.319 e. The highest BCUT2D eigenvalue weighted by atomic mass is 35.5. The molecule has 0 aliphatic carbocycles. The van der Waals surface area contributed by atoms with E-state index in [4.69, 9.17) is 16.3 Å². The molecule has 1 N–H and O–H groups in total. The molecule has 1 aromatic carbocycles. The summed E-state index contributed by atoms with van der Waals surface area (Å²) in [6.45, 7) is 0.0637. The van der Waals surface area contributed by atoms with Crippen molar-refractivity contribution in [1.82, 2.24) is 0 Å². The first-order valence-corrected chi connectivity index (χ1v) is 6.12. The monoisotopic (exact) mass is 286 g/mol. The molecule has 1 atom stereocenters. The predicted octanol–water partition coefficient (Wildman–Crippen LogP) is 2.08. The van der Waals surface area contributed by atoms with Crippen molar-refractivity contribution in [2.24, 2.45) is 5.41 Å². The smallest absolute Gasteiger partial charge is 0.319 e. The van der Waals surface area contributed by atoms with Crippen molar-refractivity contribution >= 4 is 23.4 Å². The molecule has 4 nitrogen and oxygen atoms in total. The maximum atomic E-state index is 13.1. The molecule has 0 aromatic heterocycles. The molecule has 19 heavy (non-hydrogen) atoms.